The molecule has 6 heteroatoms. The molecule has 0 unspecified atom stereocenters. The minimum absolute atomic E-state index is 0.153. The number of thioether (sulfide) groups is 1. The number of halogens is 2. The highest BCUT2D eigenvalue weighted by atomic mass is 35.5. The third-order valence-electron chi connectivity index (χ3n) is 3.42. The molecule has 0 aliphatic heterocycles. The summed E-state index contributed by atoms with van der Waals surface area (Å²) in [7, 11) is 0. The Hall–Kier alpha value is -1.30. The molecule has 0 aliphatic carbocycles. The van der Waals surface area contributed by atoms with Crippen molar-refractivity contribution in [1.29, 1.82) is 0 Å². The van der Waals surface area contributed by atoms with Crippen LogP contribution in [0.4, 0.5) is 10.1 Å². The molecule has 2 nitrogen and oxygen atoms in total. The fraction of sp³-hybridized carbons (Fsp3) is 0.278. The lowest BCUT2D eigenvalue weighted by molar-refractivity contribution is 0.617. The first-order valence-corrected chi connectivity index (χ1v) is 9.54. The van der Waals surface area contributed by atoms with Gasteiger partial charge in [0.05, 0.1) is 10.7 Å². The van der Waals surface area contributed by atoms with Gasteiger partial charge in [0, 0.05) is 18.1 Å². The van der Waals surface area contributed by atoms with Crippen molar-refractivity contribution in [2.24, 2.45) is 0 Å². The fourth-order valence-electron chi connectivity index (χ4n) is 2.27. The minimum Gasteiger partial charge on any atom is -0.362 e. The molecule has 0 radical (unpaired) electrons. The first kappa shape index (κ1) is 19.0. The molecule has 0 saturated carbocycles. The van der Waals surface area contributed by atoms with Crippen molar-refractivity contribution in [3.63, 3.8) is 0 Å². The Balaban J connectivity index is 1.73. The smallest absolute Gasteiger partial charge is 0.170 e. The second-order valence-corrected chi connectivity index (χ2v) is 7.38. The SMILES string of the molecule is Cc1cc(C)c(NC(=S)NCCSCc2ccccc2F)c(Cl)c1. The summed E-state index contributed by atoms with van der Waals surface area (Å²) in [5.41, 5.74) is 3.73. The van der Waals surface area contributed by atoms with Crippen molar-refractivity contribution in [2.75, 3.05) is 17.6 Å². The Kier molecular flexibility index (Phi) is 7.34. The van der Waals surface area contributed by atoms with E-state index in [0.717, 1.165) is 28.1 Å². The largest absolute Gasteiger partial charge is 0.362 e. The lowest BCUT2D eigenvalue weighted by Gasteiger charge is -2.14. The van der Waals surface area contributed by atoms with E-state index in [1.807, 2.05) is 32.0 Å². The van der Waals surface area contributed by atoms with Crippen LogP contribution >= 0.6 is 35.6 Å². The monoisotopic (exact) mass is 382 g/mol. The second kappa shape index (κ2) is 9.25. The number of thiocarbonyl (C=S) groups is 1. The lowest BCUT2D eigenvalue weighted by atomic mass is 10.1. The van der Waals surface area contributed by atoms with Gasteiger partial charge < -0.3 is 10.6 Å². The zero-order chi connectivity index (χ0) is 17.5. The van der Waals surface area contributed by atoms with Crippen LogP contribution in [0.25, 0.3) is 0 Å². The molecule has 0 spiro atoms. The zero-order valence-electron chi connectivity index (χ0n) is 13.7. The van der Waals surface area contributed by atoms with Gasteiger partial charge in [0.2, 0.25) is 0 Å². The summed E-state index contributed by atoms with van der Waals surface area (Å²) in [4.78, 5) is 0. The highest BCUT2D eigenvalue weighted by Crippen LogP contribution is 2.27. The highest BCUT2D eigenvalue weighted by Gasteiger charge is 2.07. The normalized spacial score (nSPS) is 10.5. The van der Waals surface area contributed by atoms with Crippen LogP contribution in [-0.2, 0) is 5.75 Å². The van der Waals surface area contributed by atoms with Gasteiger partial charge >= 0.3 is 0 Å². The topological polar surface area (TPSA) is 24.1 Å². The van der Waals surface area contributed by atoms with E-state index in [1.165, 1.54) is 6.07 Å². The number of hydrogen-bond donors (Lipinski definition) is 2. The van der Waals surface area contributed by atoms with Crippen LogP contribution < -0.4 is 10.6 Å². The fourth-order valence-corrected chi connectivity index (χ4v) is 3.68. The molecule has 0 saturated heterocycles. The second-order valence-electron chi connectivity index (χ2n) is 5.46. The number of anilines is 1. The van der Waals surface area contributed by atoms with Crippen molar-refractivity contribution >= 4 is 46.4 Å². The maximum Gasteiger partial charge on any atom is 0.170 e. The van der Waals surface area contributed by atoms with E-state index in [2.05, 4.69) is 16.7 Å². The average Bonchev–Trinajstić information content (AvgIpc) is 2.52. The summed E-state index contributed by atoms with van der Waals surface area (Å²) in [6.07, 6.45) is 0. The van der Waals surface area contributed by atoms with Gasteiger partial charge in [0.1, 0.15) is 5.82 Å². The summed E-state index contributed by atoms with van der Waals surface area (Å²) in [6.45, 7) is 4.70. The number of aryl methyl sites for hydroxylation is 2. The first-order valence-electron chi connectivity index (χ1n) is 7.60. The van der Waals surface area contributed by atoms with E-state index in [9.17, 15) is 4.39 Å². The van der Waals surface area contributed by atoms with Gasteiger partial charge in [-0.15, -0.1) is 0 Å². The van der Waals surface area contributed by atoms with Crippen molar-refractivity contribution in [1.82, 2.24) is 5.32 Å². The zero-order valence-corrected chi connectivity index (χ0v) is 16.0. The molecule has 0 heterocycles. The predicted molar refractivity (Wildman–Crippen MR) is 108 cm³/mol. The number of hydrogen-bond acceptors (Lipinski definition) is 2. The summed E-state index contributed by atoms with van der Waals surface area (Å²) < 4.78 is 13.5. The first-order chi connectivity index (χ1) is 11.5. The molecule has 0 amide bonds. The molecule has 2 N–H and O–H groups in total. The third kappa shape index (κ3) is 5.65. The van der Waals surface area contributed by atoms with E-state index >= 15 is 0 Å². The molecule has 0 aliphatic rings. The molecule has 2 aromatic rings. The van der Waals surface area contributed by atoms with Crippen LogP contribution in [0, 0.1) is 19.7 Å². The van der Waals surface area contributed by atoms with Crippen molar-refractivity contribution in [2.45, 2.75) is 19.6 Å². The Bertz CT molecular complexity index is 699. The Morgan fingerprint density at radius 3 is 2.71 bits per heavy atom. The summed E-state index contributed by atoms with van der Waals surface area (Å²) in [6, 6.07) is 10.8. The van der Waals surface area contributed by atoms with Crippen LogP contribution in [-0.4, -0.2) is 17.4 Å². The Morgan fingerprint density at radius 2 is 2.00 bits per heavy atom. The van der Waals surface area contributed by atoms with E-state index in [0.29, 0.717) is 22.4 Å². The molecule has 2 rings (SSSR count). The molecule has 0 fully saturated rings. The van der Waals surface area contributed by atoms with Gasteiger partial charge in [-0.1, -0.05) is 35.9 Å². The van der Waals surface area contributed by atoms with Crippen molar-refractivity contribution < 1.29 is 4.39 Å². The van der Waals surface area contributed by atoms with Crippen LogP contribution in [0.3, 0.4) is 0 Å². The maximum absolute atomic E-state index is 13.5. The summed E-state index contributed by atoms with van der Waals surface area (Å²) in [5, 5.41) is 7.49. The van der Waals surface area contributed by atoms with Gasteiger partial charge in [-0.2, -0.15) is 11.8 Å². The average molecular weight is 383 g/mol. The lowest BCUT2D eigenvalue weighted by Crippen LogP contribution is -2.30. The molecule has 0 bridgehead atoms. The van der Waals surface area contributed by atoms with Crippen molar-refractivity contribution in [3.05, 3.63) is 63.9 Å². The molecular weight excluding hydrogens is 363 g/mol. The van der Waals surface area contributed by atoms with Gasteiger partial charge in [0.15, 0.2) is 5.11 Å². The number of benzene rings is 2. The highest BCUT2D eigenvalue weighted by molar-refractivity contribution is 7.98. The van der Waals surface area contributed by atoms with Crippen molar-refractivity contribution in [3.8, 4) is 0 Å². The Morgan fingerprint density at radius 1 is 1.25 bits per heavy atom. The molecule has 128 valence electrons. The van der Waals surface area contributed by atoms with Crippen LogP contribution in [0.5, 0.6) is 0 Å². The van der Waals surface area contributed by atoms with E-state index in [-0.39, 0.29) is 5.82 Å². The number of rotatable bonds is 6. The van der Waals surface area contributed by atoms with Gasteiger partial charge in [-0.25, -0.2) is 4.39 Å². The molecular formula is C18H20ClFN2S2. The Labute approximate surface area is 157 Å². The molecule has 0 aromatic heterocycles. The summed E-state index contributed by atoms with van der Waals surface area (Å²) in [5.74, 6) is 1.33. The minimum atomic E-state index is -0.153. The van der Waals surface area contributed by atoms with Gasteiger partial charge in [-0.05, 0) is 54.9 Å². The predicted octanol–water partition coefficient (Wildman–Crippen LogP) is 5.32. The third-order valence-corrected chi connectivity index (χ3v) is 4.97. The van der Waals surface area contributed by atoms with E-state index < -0.39 is 0 Å². The van der Waals surface area contributed by atoms with Crippen LogP contribution in [0.2, 0.25) is 5.02 Å². The van der Waals surface area contributed by atoms with E-state index in [1.54, 1.807) is 17.8 Å². The number of nitrogens with one attached hydrogen (secondary N) is 2. The van der Waals surface area contributed by atoms with Crippen LogP contribution in [0.1, 0.15) is 16.7 Å². The molecule has 2 aromatic carbocycles. The van der Waals surface area contributed by atoms with Gasteiger partial charge in [-0.3, -0.25) is 0 Å². The van der Waals surface area contributed by atoms with Crippen LogP contribution in [0.15, 0.2) is 36.4 Å². The standard InChI is InChI=1S/C18H20ClFN2S2/c1-12-9-13(2)17(15(19)10-12)22-18(23)21-7-8-24-11-14-5-3-4-6-16(14)20/h3-6,9-10H,7-8,11H2,1-2H3,(H2,21,22,23). The molecule has 0 atom stereocenters. The van der Waals surface area contributed by atoms with E-state index in [4.69, 9.17) is 23.8 Å². The van der Waals surface area contributed by atoms with Gasteiger partial charge in [0.25, 0.3) is 0 Å². The maximum atomic E-state index is 13.5. The summed E-state index contributed by atoms with van der Waals surface area (Å²) >= 11 is 13.2. The molecule has 24 heavy (non-hydrogen) atoms. The quantitative estimate of drug-likeness (QED) is 0.521.